The van der Waals surface area contributed by atoms with Crippen LogP contribution in [0.4, 0.5) is 5.69 Å². The molecule has 5 heteroatoms. The maximum Gasteiger partial charge on any atom is 0.221 e. The molecule has 0 saturated heterocycles. The molecule has 106 valence electrons. The molecule has 1 heterocycles. The van der Waals surface area contributed by atoms with Gasteiger partial charge in [-0.2, -0.15) is 0 Å². The Labute approximate surface area is 118 Å². The predicted octanol–water partition coefficient (Wildman–Crippen LogP) is 2.72. The summed E-state index contributed by atoms with van der Waals surface area (Å²) in [7, 11) is 1.92. The minimum atomic E-state index is -0.122. The highest BCUT2D eigenvalue weighted by molar-refractivity contribution is 5.99. The van der Waals surface area contributed by atoms with E-state index in [-0.39, 0.29) is 5.91 Å². The fourth-order valence-corrected chi connectivity index (χ4v) is 1.99. The van der Waals surface area contributed by atoms with Gasteiger partial charge in [-0.15, -0.1) is 0 Å². The molecule has 1 aromatic carbocycles. The average Bonchev–Trinajstić information content (AvgIpc) is 2.75. The van der Waals surface area contributed by atoms with Gasteiger partial charge in [0, 0.05) is 13.8 Å². The van der Waals surface area contributed by atoms with Crippen molar-refractivity contribution in [2.75, 3.05) is 18.9 Å². The first-order chi connectivity index (χ1) is 9.60. The van der Waals surface area contributed by atoms with Crippen LogP contribution in [0.1, 0.15) is 24.8 Å². The molecule has 2 aromatic rings. The Morgan fingerprint density at radius 1 is 1.45 bits per heavy atom. The lowest BCUT2D eigenvalue weighted by atomic mass is 10.1. The Kier molecular flexibility index (Phi) is 4.53. The zero-order valence-corrected chi connectivity index (χ0v) is 12.0. The fraction of sp³-hybridized carbons (Fsp3) is 0.333. The van der Waals surface area contributed by atoms with E-state index in [1.807, 2.05) is 25.3 Å². The second-order valence-corrected chi connectivity index (χ2v) is 4.62. The van der Waals surface area contributed by atoms with Crippen molar-refractivity contribution in [3.63, 3.8) is 0 Å². The first-order valence-corrected chi connectivity index (χ1v) is 6.60. The summed E-state index contributed by atoms with van der Waals surface area (Å²) in [5.74, 6) is 0.464. The molecule has 1 aromatic heterocycles. The van der Waals surface area contributed by atoms with Gasteiger partial charge in [-0.05, 0) is 37.7 Å². The third kappa shape index (κ3) is 3.45. The zero-order valence-electron chi connectivity index (χ0n) is 12.0. The number of aromatic nitrogens is 1. The second kappa shape index (κ2) is 6.34. The van der Waals surface area contributed by atoms with Crippen LogP contribution in [0, 0.1) is 6.92 Å². The highest BCUT2D eigenvalue weighted by atomic mass is 16.3. The maximum atomic E-state index is 11.3. The lowest BCUT2D eigenvalue weighted by molar-refractivity contribution is -0.114. The van der Waals surface area contributed by atoms with E-state index in [1.54, 1.807) is 6.92 Å². The van der Waals surface area contributed by atoms with E-state index in [1.165, 1.54) is 6.92 Å². The number of hydrogen-bond donors (Lipinski definition) is 2. The highest BCUT2D eigenvalue weighted by Crippen LogP contribution is 2.26. The Hall–Kier alpha value is -2.14. The van der Waals surface area contributed by atoms with Crippen molar-refractivity contribution in [3.05, 3.63) is 29.7 Å². The number of carbonyl (C=O) groups excluding carboxylic acids is 1. The van der Waals surface area contributed by atoms with Gasteiger partial charge < -0.3 is 15.1 Å². The number of anilines is 1. The molecule has 0 aliphatic rings. The van der Waals surface area contributed by atoms with Crippen molar-refractivity contribution >= 4 is 28.8 Å². The zero-order chi connectivity index (χ0) is 14.5. The third-order valence-electron chi connectivity index (χ3n) is 2.81. The van der Waals surface area contributed by atoms with Gasteiger partial charge in [0.05, 0.1) is 5.69 Å². The van der Waals surface area contributed by atoms with Gasteiger partial charge in [0.1, 0.15) is 5.52 Å². The van der Waals surface area contributed by atoms with E-state index in [0.29, 0.717) is 22.7 Å². The molecule has 0 saturated carbocycles. The number of oxazole rings is 1. The number of hydrogen-bond acceptors (Lipinski definition) is 4. The molecule has 0 bridgehead atoms. The number of amides is 1. The molecule has 1 amide bonds. The van der Waals surface area contributed by atoms with Gasteiger partial charge in [0.15, 0.2) is 11.5 Å². The Bertz CT molecular complexity index is 644. The molecule has 2 N–H and O–H groups in total. The van der Waals surface area contributed by atoms with Gasteiger partial charge >= 0.3 is 0 Å². The number of fused-ring (bicyclic) bond motifs is 1. The monoisotopic (exact) mass is 273 g/mol. The van der Waals surface area contributed by atoms with Crippen LogP contribution in [0.25, 0.3) is 17.2 Å². The van der Waals surface area contributed by atoms with Gasteiger partial charge in [0.25, 0.3) is 0 Å². The van der Waals surface area contributed by atoms with Gasteiger partial charge in [0.2, 0.25) is 5.91 Å². The highest BCUT2D eigenvalue weighted by Gasteiger charge is 2.10. The number of aryl methyl sites for hydroxylation is 1. The van der Waals surface area contributed by atoms with E-state index in [0.717, 1.165) is 18.5 Å². The van der Waals surface area contributed by atoms with E-state index < -0.39 is 0 Å². The van der Waals surface area contributed by atoms with Crippen LogP contribution >= 0.6 is 0 Å². The van der Waals surface area contributed by atoms with Crippen LogP contribution in [-0.2, 0) is 4.79 Å². The molecule has 2 rings (SSSR count). The molecule has 20 heavy (non-hydrogen) atoms. The number of rotatable bonds is 5. The summed E-state index contributed by atoms with van der Waals surface area (Å²) in [6.45, 7) is 4.20. The number of nitrogens with one attached hydrogen (secondary N) is 2. The van der Waals surface area contributed by atoms with Crippen LogP contribution < -0.4 is 10.6 Å². The second-order valence-electron chi connectivity index (χ2n) is 4.62. The summed E-state index contributed by atoms with van der Waals surface area (Å²) < 4.78 is 5.55. The van der Waals surface area contributed by atoms with Crippen LogP contribution in [0.2, 0.25) is 0 Å². The topological polar surface area (TPSA) is 67.2 Å². The smallest absolute Gasteiger partial charge is 0.221 e. The van der Waals surface area contributed by atoms with Gasteiger partial charge in [-0.3, -0.25) is 4.79 Å². The minimum Gasteiger partial charge on any atom is -0.441 e. The van der Waals surface area contributed by atoms with E-state index >= 15 is 0 Å². The quantitative estimate of drug-likeness (QED) is 0.822. The molecular weight excluding hydrogens is 254 g/mol. The SMILES string of the molecule is CNCCC=Cc1cc(NC(C)=O)c2nc(C)oc2c1. The largest absolute Gasteiger partial charge is 0.441 e. The first kappa shape index (κ1) is 14.3. The summed E-state index contributed by atoms with van der Waals surface area (Å²) in [5, 5.41) is 5.88. The maximum absolute atomic E-state index is 11.3. The van der Waals surface area contributed by atoms with Gasteiger partial charge in [-0.1, -0.05) is 12.2 Å². The van der Waals surface area contributed by atoms with E-state index in [9.17, 15) is 4.79 Å². The van der Waals surface area contributed by atoms with Gasteiger partial charge in [-0.25, -0.2) is 4.98 Å². The summed E-state index contributed by atoms with van der Waals surface area (Å²) in [5.41, 5.74) is 3.03. The lowest BCUT2D eigenvalue weighted by Gasteiger charge is -2.04. The molecule has 0 spiro atoms. The number of nitrogens with zero attached hydrogens (tertiary/aromatic N) is 1. The number of benzene rings is 1. The number of carbonyl (C=O) groups is 1. The Morgan fingerprint density at radius 3 is 2.95 bits per heavy atom. The van der Waals surface area contributed by atoms with E-state index in [4.69, 9.17) is 4.42 Å². The van der Waals surface area contributed by atoms with Crippen molar-refractivity contribution < 1.29 is 9.21 Å². The molecule has 0 aliphatic carbocycles. The standard InChI is InChI=1S/C15H19N3O2/c1-10(19)17-13-8-12(6-4-5-7-16-3)9-14-15(13)18-11(2)20-14/h4,6,8-9,16H,5,7H2,1-3H3,(H,17,19). The summed E-state index contributed by atoms with van der Waals surface area (Å²) in [4.78, 5) is 15.6. The summed E-state index contributed by atoms with van der Waals surface area (Å²) >= 11 is 0. The molecular formula is C15H19N3O2. The molecule has 0 radical (unpaired) electrons. The normalized spacial score (nSPS) is 11.3. The fourth-order valence-electron chi connectivity index (χ4n) is 1.99. The van der Waals surface area contributed by atoms with Crippen LogP contribution in [0.15, 0.2) is 22.6 Å². The summed E-state index contributed by atoms with van der Waals surface area (Å²) in [6.07, 6.45) is 5.04. The Morgan fingerprint density at radius 2 is 2.25 bits per heavy atom. The van der Waals surface area contributed by atoms with Crippen LogP contribution in [0.3, 0.4) is 0 Å². The molecule has 0 fully saturated rings. The van der Waals surface area contributed by atoms with E-state index in [2.05, 4.69) is 21.7 Å². The van der Waals surface area contributed by atoms with Crippen molar-refractivity contribution in [1.29, 1.82) is 0 Å². The van der Waals surface area contributed by atoms with Crippen LogP contribution in [-0.4, -0.2) is 24.5 Å². The summed E-state index contributed by atoms with van der Waals surface area (Å²) in [6, 6.07) is 3.83. The molecule has 5 nitrogen and oxygen atoms in total. The van der Waals surface area contributed by atoms with Crippen molar-refractivity contribution in [3.8, 4) is 0 Å². The molecule has 0 aliphatic heterocycles. The molecule has 0 unspecified atom stereocenters. The van der Waals surface area contributed by atoms with Crippen LogP contribution in [0.5, 0.6) is 0 Å². The average molecular weight is 273 g/mol. The molecule has 0 atom stereocenters. The Balaban J connectivity index is 2.36. The lowest BCUT2D eigenvalue weighted by Crippen LogP contribution is -2.06. The predicted molar refractivity (Wildman–Crippen MR) is 80.6 cm³/mol. The third-order valence-corrected chi connectivity index (χ3v) is 2.81. The van der Waals surface area contributed by atoms with Crippen molar-refractivity contribution in [2.24, 2.45) is 0 Å². The van der Waals surface area contributed by atoms with Crippen molar-refractivity contribution in [1.82, 2.24) is 10.3 Å². The minimum absolute atomic E-state index is 0.122. The first-order valence-electron chi connectivity index (χ1n) is 6.60. The van der Waals surface area contributed by atoms with Crippen molar-refractivity contribution in [2.45, 2.75) is 20.3 Å².